The molecule has 0 radical (unpaired) electrons. The number of hydrogen-bond acceptors (Lipinski definition) is 2. The molecule has 0 aliphatic rings. The van der Waals surface area contributed by atoms with Gasteiger partial charge in [-0.2, -0.15) is 0 Å². The van der Waals surface area contributed by atoms with Gasteiger partial charge in [0, 0.05) is 15.6 Å². The Morgan fingerprint density at radius 1 is 0.667 bits per heavy atom. The molecule has 21 heavy (non-hydrogen) atoms. The summed E-state index contributed by atoms with van der Waals surface area (Å²) in [4.78, 5) is 0. The van der Waals surface area contributed by atoms with E-state index in [0.29, 0.717) is 20.1 Å². The van der Waals surface area contributed by atoms with Gasteiger partial charge >= 0.3 is 0 Å². The Morgan fingerprint density at radius 3 is 1.81 bits per heavy atom. The third-order valence-corrected chi connectivity index (χ3v) is 6.65. The van der Waals surface area contributed by atoms with Crippen LogP contribution in [0.5, 0.6) is 11.5 Å². The second-order valence-electron chi connectivity index (χ2n) is 5.15. The third-order valence-electron chi connectivity index (χ3n) is 3.68. The van der Waals surface area contributed by atoms with Gasteiger partial charge in [0.15, 0.2) is 0 Å². The molecule has 0 spiro atoms. The fourth-order valence-corrected chi connectivity index (χ4v) is 3.93. The van der Waals surface area contributed by atoms with Crippen LogP contribution in [0.25, 0.3) is 11.1 Å². The maximum atomic E-state index is 10.5. The maximum absolute atomic E-state index is 10.5. The van der Waals surface area contributed by atoms with Crippen LogP contribution < -0.4 is 0 Å². The smallest absolute Gasteiger partial charge is 0.139 e. The maximum Gasteiger partial charge on any atom is 0.139 e. The number of phenolic OH excluding ortho intramolecular Hbond substituents is 2. The standard InChI is InChI=1S/C16H15Br3O2/c1-6-5-7(2)12(17)8(3)10(6)11-14(19)15(20)9(4)13(18)16(11)21/h5,20-21H,1-4H3. The van der Waals surface area contributed by atoms with Gasteiger partial charge in [-0.25, -0.2) is 0 Å². The molecule has 2 N–H and O–H groups in total. The number of phenols is 2. The van der Waals surface area contributed by atoms with Gasteiger partial charge in [0.25, 0.3) is 0 Å². The first-order chi connectivity index (χ1) is 9.68. The van der Waals surface area contributed by atoms with Crippen molar-refractivity contribution in [3.8, 4) is 22.6 Å². The van der Waals surface area contributed by atoms with E-state index in [-0.39, 0.29) is 11.5 Å². The highest BCUT2D eigenvalue weighted by molar-refractivity contribution is 9.11. The predicted molar refractivity (Wildman–Crippen MR) is 97.3 cm³/mol. The Morgan fingerprint density at radius 2 is 1.24 bits per heavy atom. The van der Waals surface area contributed by atoms with Crippen molar-refractivity contribution in [3.05, 3.63) is 41.7 Å². The van der Waals surface area contributed by atoms with Gasteiger partial charge in [-0.05, 0) is 81.8 Å². The van der Waals surface area contributed by atoms with Gasteiger partial charge in [-0.1, -0.05) is 22.0 Å². The number of halogens is 3. The summed E-state index contributed by atoms with van der Waals surface area (Å²) in [5.41, 5.74) is 5.32. The molecule has 2 rings (SSSR count). The van der Waals surface area contributed by atoms with Crippen LogP contribution in [0.15, 0.2) is 19.5 Å². The molecule has 0 atom stereocenters. The number of hydrogen-bond donors (Lipinski definition) is 2. The average Bonchev–Trinajstić information content (AvgIpc) is 2.44. The minimum atomic E-state index is 0.124. The first kappa shape index (κ1) is 16.8. The first-order valence-electron chi connectivity index (χ1n) is 6.34. The van der Waals surface area contributed by atoms with E-state index in [0.717, 1.165) is 26.7 Å². The summed E-state index contributed by atoms with van der Waals surface area (Å²) >= 11 is 10.4. The molecule has 2 aromatic rings. The highest BCUT2D eigenvalue weighted by Gasteiger charge is 2.23. The van der Waals surface area contributed by atoms with Crippen LogP contribution in [0.1, 0.15) is 22.3 Å². The zero-order valence-electron chi connectivity index (χ0n) is 12.1. The number of aryl methyl sites for hydroxylation is 2. The molecule has 112 valence electrons. The van der Waals surface area contributed by atoms with E-state index >= 15 is 0 Å². The van der Waals surface area contributed by atoms with E-state index in [9.17, 15) is 10.2 Å². The molecule has 0 unspecified atom stereocenters. The number of rotatable bonds is 1. The van der Waals surface area contributed by atoms with Crippen molar-refractivity contribution in [2.75, 3.05) is 0 Å². The third kappa shape index (κ3) is 2.64. The van der Waals surface area contributed by atoms with Gasteiger partial charge in [-0.15, -0.1) is 0 Å². The van der Waals surface area contributed by atoms with Crippen molar-refractivity contribution in [1.29, 1.82) is 0 Å². The van der Waals surface area contributed by atoms with Gasteiger partial charge in [0.1, 0.15) is 11.5 Å². The van der Waals surface area contributed by atoms with Crippen LogP contribution >= 0.6 is 47.8 Å². The number of aromatic hydroxyl groups is 2. The molecule has 0 amide bonds. The Balaban J connectivity index is 2.96. The minimum Gasteiger partial charge on any atom is -0.506 e. The Labute approximate surface area is 149 Å². The van der Waals surface area contributed by atoms with Crippen molar-refractivity contribution in [1.82, 2.24) is 0 Å². The van der Waals surface area contributed by atoms with E-state index in [2.05, 4.69) is 53.9 Å². The summed E-state index contributed by atoms with van der Waals surface area (Å²) in [5.74, 6) is 0.254. The summed E-state index contributed by atoms with van der Waals surface area (Å²) < 4.78 is 2.02. The lowest BCUT2D eigenvalue weighted by Crippen LogP contribution is -1.96. The second kappa shape index (κ2) is 5.94. The summed E-state index contributed by atoms with van der Waals surface area (Å²) in [6, 6.07) is 2.06. The average molecular weight is 479 g/mol. The predicted octanol–water partition coefficient (Wildman–Crippen LogP) is 6.29. The monoisotopic (exact) mass is 476 g/mol. The van der Waals surface area contributed by atoms with Gasteiger partial charge in [-0.3, -0.25) is 0 Å². The van der Waals surface area contributed by atoms with E-state index in [1.807, 2.05) is 20.8 Å². The molecule has 0 bridgehead atoms. The van der Waals surface area contributed by atoms with Crippen molar-refractivity contribution < 1.29 is 10.2 Å². The van der Waals surface area contributed by atoms with Crippen molar-refractivity contribution >= 4 is 47.8 Å². The largest absolute Gasteiger partial charge is 0.506 e. The highest BCUT2D eigenvalue weighted by Crippen LogP contribution is 2.50. The molecule has 0 aliphatic carbocycles. The lowest BCUT2D eigenvalue weighted by atomic mass is 9.92. The van der Waals surface area contributed by atoms with Crippen LogP contribution in [0.2, 0.25) is 0 Å². The molecule has 5 heteroatoms. The van der Waals surface area contributed by atoms with Crippen LogP contribution in [-0.4, -0.2) is 10.2 Å². The van der Waals surface area contributed by atoms with Gasteiger partial charge in [0.05, 0.1) is 8.95 Å². The summed E-state index contributed by atoms with van der Waals surface area (Å²) in [6.45, 7) is 7.78. The molecule has 0 aromatic heterocycles. The molecule has 0 heterocycles. The van der Waals surface area contributed by atoms with E-state index < -0.39 is 0 Å². The lowest BCUT2D eigenvalue weighted by molar-refractivity contribution is 0.452. The Hall–Kier alpha value is -0.520. The zero-order valence-corrected chi connectivity index (χ0v) is 16.9. The first-order valence-corrected chi connectivity index (χ1v) is 8.72. The molecular weight excluding hydrogens is 464 g/mol. The summed E-state index contributed by atoms with van der Waals surface area (Å²) in [5, 5.41) is 20.8. The van der Waals surface area contributed by atoms with Crippen LogP contribution in [0.3, 0.4) is 0 Å². The molecule has 0 aliphatic heterocycles. The summed E-state index contributed by atoms with van der Waals surface area (Å²) in [6.07, 6.45) is 0. The minimum absolute atomic E-state index is 0.124. The van der Waals surface area contributed by atoms with E-state index in [1.165, 1.54) is 0 Å². The molecule has 2 nitrogen and oxygen atoms in total. The normalized spacial score (nSPS) is 11.0. The van der Waals surface area contributed by atoms with Gasteiger partial charge in [0.2, 0.25) is 0 Å². The van der Waals surface area contributed by atoms with E-state index in [4.69, 9.17) is 0 Å². The molecule has 2 aromatic carbocycles. The quantitative estimate of drug-likeness (QED) is 0.473. The fraction of sp³-hybridized carbons (Fsp3) is 0.250. The van der Waals surface area contributed by atoms with Crippen molar-refractivity contribution in [2.45, 2.75) is 27.7 Å². The van der Waals surface area contributed by atoms with Crippen molar-refractivity contribution in [3.63, 3.8) is 0 Å². The van der Waals surface area contributed by atoms with Crippen LogP contribution in [-0.2, 0) is 0 Å². The topological polar surface area (TPSA) is 40.5 Å². The Kier molecular flexibility index (Phi) is 4.76. The number of benzene rings is 2. The van der Waals surface area contributed by atoms with Crippen LogP contribution in [0.4, 0.5) is 0 Å². The van der Waals surface area contributed by atoms with Gasteiger partial charge < -0.3 is 10.2 Å². The second-order valence-corrected chi connectivity index (χ2v) is 7.53. The van der Waals surface area contributed by atoms with Crippen LogP contribution in [0, 0.1) is 27.7 Å². The summed E-state index contributed by atoms with van der Waals surface area (Å²) in [7, 11) is 0. The fourth-order valence-electron chi connectivity index (χ4n) is 2.55. The molecule has 0 saturated carbocycles. The SMILES string of the molecule is Cc1cc(C)c(-c2c(O)c(Br)c(C)c(O)c2Br)c(C)c1Br. The molecular formula is C16H15Br3O2. The van der Waals surface area contributed by atoms with E-state index in [1.54, 1.807) is 6.92 Å². The molecule has 0 fully saturated rings. The highest BCUT2D eigenvalue weighted by atomic mass is 79.9. The Bertz CT molecular complexity index is 723. The lowest BCUT2D eigenvalue weighted by Gasteiger charge is -2.19. The zero-order chi connectivity index (χ0) is 16.1. The molecule has 0 saturated heterocycles. The van der Waals surface area contributed by atoms with Crippen molar-refractivity contribution in [2.24, 2.45) is 0 Å².